The second-order valence-electron chi connectivity index (χ2n) is 3.21. The largest absolute Gasteiger partial charge is 0.468 e. The van der Waals surface area contributed by atoms with Gasteiger partial charge in [0.1, 0.15) is 6.54 Å². The SMILES string of the molecule is COC(=O)CN(C)c1ccc(C(F)(F)F)nn1. The number of esters is 1. The summed E-state index contributed by atoms with van der Waals surface area (Å²) in [6.07, 6.45) is -4.52. The Hall–Kier alpha value is -1.86. The lowest BCUT2D eigenvalue weighted by atomic mass is 10.3. The molecule has 0 N–H and O–H groups in total. The normalized spacial score (nSPS) is 11.1. The highest BCUT2D eigenvalue weighted by Crippen LogP contribution is 2.27. The van der Waals surface area contributed by atoms with Crippen molar-refractivity contribution in [3.63, 3.8) is 0 Å². The van der Waals surface area contributed by atoms with Crippen molar-refractivity contribution in [1.82, 2.24) is 10.2 Å². The van der Waals surface area contributed by atoms with Crippen molar-refractivity contribution in [2.24, 2.45) is 0 Å². The summed E-state index contributed by atoms with van der Waals surface area (Å²) in [5, 5.41) is 6.42. The molecule has 1 aromatic heterocycles. The van der Waals surface area contributed by atoms with Crippen LogP contribution in [0.2, 0.25) is 0 Å². The number of halogens is 3. The van der Waals surface area contributed by atoms with Gasteiger partial charge in [-0.1, -0.05) is 0 Å². The van der Waals surface area contributed by atoms with Crippen LogP contribution in [0.3, 0.4) is 0 Å². The maximum atomic E-state index is 12.2. The molecule has 0 aliphatic carbocycles. The van der Waals surface area contributed by atoms with Gasteiger partial charge in [0.2, 0.25) is 0 Å². The average Bonchev–Trinajstić information content (AvgIpc) is 2.27. The second-order valence-corrected chi connectivity index (χ2v) is 3.21. The average molecular weight is 249 g/mol. The second kappa shape index (κ2) is 4.98. The molecule has 0 saturated heterocycles. The van der Waals surface area contributed by atoms with Gasteiger partial charge in [-0.15, -0.1) is 10.2 Å². The van der Waals surface area contributed by atoms with E-state index in [2.05, 4.69) is 14.9 Å². The van der Waals surface area contributed by atoms with Gasteiger partial charge in [-0.2, -0.15) is 13.2 Å². The standard InChI is InChI=1S/C9H10F3N3O2/c1-15(5-8(16)17-2)7-4-3-6(13-14-7)9(10,11)12/h3-4H,5H2,1-2H3. The molecule has 0 saturated carbocycles. The summed E-state index contributed by atoms with van der Waals surface area (Å²) in [5.41, 5.74) is -1.08. The fourth-order valence-electron chi connectivity index (χ4n) is 1.02. The number of anilines is 1. The molecule has 0 radical (unpaired) electrons. The van der Waals surface area contributed by atoms with Gasteiger partial charge in [0.25, 0.3) is 0 Å². The van der Waals surface area contributed by atoms with Crippen molar-refractivity contribution in [2.45, 2.75) is 6.18 Å². The molecule has 1 heterocycles. The number of aromatic nitrogens is 2. The van der Waals surface area contributed by atoms with Crippen molar-refractivity contribution < 1.29 is 22.7 Å². The van der Waals surface area contributed by atoms with E-state index in [-0.39, 0.29) is 12.4 Å². The number of methoxy groups -OCH3 is 1. The van der Waals surface area contributed by atoms with Gasteiger partial charge in [-0.05, 0) is 12.1 Å². The Morgan fingerprint density at radius 2 is 2.06 bits per heavy atom. The lowest BCUT2D eigenvalue weighted by Gasteiger charge is -2.16. The summed E-state index contributed by atoms with van der Waals surface area (Å²) in [6, 6.07) is 1.94. The molecule has 0 atom stereocenters. The minimum absolute atomic E-state index is 0.115. The molecule has 0 unspecified atom stereocenters. The Morgan fingerprint density at radius 3 is 2.47 bits per heavy atom. The maximum absolute atomic E-state index is 12.2. The first-order chi connectivity index (χ1) is 7.84. The zero-order valence-electron chi connectivity index (χ0n) is 9.15. The number of carbonyl (C=O) groups is 1. The van der Waals surface area contributed by atoms with Crippen LogP contribution in [-0.2, 0) is 15.7 Å². The fraction of sp³-hybridized carbons (Fsp3) is 0.444. The third-order valence-corrected chi connectivity index (χ3v) is 1.93. The van der Waals surface area contributed by atoms with Gasteiger partial charge >= 0.3 is 12.1 Å². The van der Waals surface area contributed by atoms with Crippen LogP contribution in [0.1, 0.15) is 5.69 Å². The van der Waals surface area contributed by atoms with Crippen LogP contribution in [0.15, 0.2) is 12.1 Å². The van der Waals surface area contributed by atoms with Gasteiger partial charge in [0.15, 0.2) is 11.5 Å². The Kier molecular flexibility index (Phi) is 3.87. The van der Waals surface area contributed by atoms with E-state index in [9.17, 15) is 18.0 Å². The number of likely N-dealkylation sites (N-methyl/N-ethyl adjacent to an activating group) is 1. The van der Waals surface area contributed by atoms with Crippen molar-refractivity contribution in [3.8, 4) is 0 Å². The van der Waals surface area contributed by atoms with Crippen LogP contribution in [0.4, 0.5) is 19.0 Å². The zero-order valence-corrected chi connectivity index (χ0v) is 9.15. The lowest BCUT2D eigenvalue weighted by Crippen LogP contribution is -2.27. The summed E-state index contributed by atoms with van der Waals surface area (Å²) in [7, 11) is 2.71. The van der Waals surface area contributed by atoms with Crippen LogP contribution in [0.25, 0.3) is 0 Å². The Morgan fingerprint density at radius 1 is 1.41 bits per heavy atom. The Labute approximate surface area is 95.2 Å². The van der Waals surface area contributed by atoms with Crippen molar-refractivity contribution in [1.29, 1.82) is 0 Å². The van der Waals surface area contributed by atoms with Crippen LogP contribution in [0, 0.1) is 0 Å². The molecule has 5 nitrogen and oxygen atoms in total. The highest BCUT2D eigenvalue weighted by atomic mass is 19.4. The van der Waals surface area contributed by atoms with Gasteiger partial charge in [-0.3, -0.25) is 4.79 Å². The smallest absolute Gasteiger partial charge is 0.435 e. The predicted molar refractivity (Wildman–Crippen MR) is 52.3 cm³/mol. The number of carbonyl (C=O) groups excluding carboxylic acids is 1. The molecule has 94 valence electrons. The van der Waals surface area contributed by atoms with Gasteiger partial charge < -0.3 is 9.64 Å². The topological polar surface area (TPSA) is 55.3 Å². The molecule has 1 aromatic rings. The zero-order chi connectivity index (χ0) is 13.1. The lowest BCUT2D eigenvalue weighted by molar-refractivity contribution is -0.142. The quantitative estimate of drug-likeness (QED) is 0.751. The molecule has 0 amide bonds. The first-order valence-corrected chi connectivity index (χ1v) is 4.53. The Bertz CT molecular complexity index is 391. The van der Waals surface area contributed by atoms with Gasteiger partial charge in [0, 0.05) is 7.05 Å². The molecule has 0 bridgehead atoms. The molecule has 0 aliphatic heterocycles. The molecule has 17 heavy (non-hydrogen) atoms. The molecule has 0 fully saturated rings. The summed E-state index contributed by atoms with van der Waals surface area (Å²) in [5.74, 6) is -0.363. The van der Waals surface area contributed by atoms with Crippen molar-refractivity contribution >= 4 is 11.8 Å². The van der Waals surface area contributed by atoms with Crippen molar-refractivity contribution in [3.05, 3.63) is 17.8 Å². The van der Waals surface area contributed by atoms with E-state index in [0.29, 0.717) is 0 Å². The summed E-state index contributed by atoms with van der Waals surface area (Å²) < 4.78 is 41.0. The van der Waals surface area contributed by atoms with E-state index in [1.54, 1.807) is 0 Å². The predicted octanol–water partition coefficient (Wildman–Crippen LogP) is 1.10. The van der Waals surface area contributed by atoms with E-state index < -0.39 is 17.8 Å². The van der Waals surface area contributed by atoms with E-state index in [0.717, 1.165) is 12.1 Å². The van der Waals surface area contributed by atoms with Crippen molar-refractivity contribution in [2.75, 3.05) is 25.6 Å². The minimum atomic E-state index is -4.52. The van der Waals surface area contributed by atoms with Gasteiger partial charge in [-0.25, -0.2) is 0 Å². The molecule has 0 aromatic carbocycles. The Balaban J connectivity index is 2.77. The number of rotatable bonds is 3. The third kappa shape index (κ3) is 3.58. The van der Waals surface area contributed by atoms with Crippen LogP contribution in [0.5, 0.6) is 0 Å². The van der Waals surface area contributed by atoms with Crippen LogP contribution in [-0.4, -0.2) is 36.9 Å². The highest BCUT2D eigenvalue weighted by Gasteiger charge is 2.33. The minimum Gasteiger partial charge on any atom is -0.468 e. The molecule has 1 rings (SSSR count). The van der Waals surface area contributed by atoms with E-state index >= 15 is 0 Å². The molecule has 8 heteroatoms. The molecule has 0 spiro atoms. The first-order valence-electron chi connectivity index (χ1n) is 4.53. The number of ether oxygens (including phenoxy) is 1. The number of hydrogen-bond acceptors (Lipinski definition) is 5. The molecular weight excluding hydrogens is 239 g/mol. The van der Waals surface area contributed by atoms with Crippen LogP contribution >= 0.6 is 0 Å². The van der Waals surface area contributed by atoms with E-state index in [4.69, 9.17) is 0 Å². The van der Waals surface area contributed by atoms with E-state index in [1.807, 2.05) is 0 Å². The number of hydrogen-bond donors (Lipinski definition) is 0. The first kappa shape index (κ1) is 13.2. The molecule has 0 aliphatic rings. The number of nitrogens with zero attached hydrogens (tertiary/aromatic N) is 3. The summed E-state index contributed by atoms with van der Waals surface area (Å²) in [4.78, 5) is 12.3. The van der Waals surface area contributed by atoms with E-state index in [1.165, 1.54) is 19.1 Å². The third-order valence-electron chi connectivity index (χ3n) is 1.93. The summed E-state index contributed by atoms with van der Waals surface area (Å²) in [6.45, 7) is -0.115. The summed E-state index contributed by atoms with van der Waals surface area (Å²) >= 11 is 0. The fourth-order valence-corrected chi connectivity index (χ4v) is 1.02. The maximum Gasteiger partial charge on any atom is 0.435 e. The van der Waals surface area contributed by atoms with Crippen LogP contribution < -0.4 is 4.90 Å². The number of alkyl halides is 3. The molecular formula is C9H10F3N3O2. The van der Waals surface area contributed by atoms with Gasteiger partial charge in [0.05, 0.1) is 7.11 Å². The highest BCUT2D eigenvalue weighted by molar-refractivity contribution is 5.74. The monoisotopic (exact) mass is 249 g/mol.